The Kier molecular flexibility index (Phi) is 8.20. The molecule has 2 rings (SSSR count). The van der Waals surface area contributed by atoms with Gasteiger partial charge in [0.05, 0.1) is 11.5 Å². The van der Waals surface area contributed by atoms with Crippen molar-refractivity contribution in [3.05, 3.63) is 48.3 Å². The van der Waals surface area contributed by atoms with Crippen molar-refractivity contribution < 1.29 is 37.0 Å². The van der Waals surface area contributed by atoms with E-state index in [1.165, 1.54) is 41.3 Å². The van der Waals surface area contributed by atoms with Gasteiger partial charge in [-0.3, -0.25) is 14.3 Å². The van der Waals surface area contributed by atoms with Crippen molar-refractivity contribution in [3.8, 4) is 11.5 Å². The molecule has 0 aliphatic rings. The van der Waals surface area contributed by atoms with Crippen LogP contribution in [0.25, 0.3) is 0 Å². The second-order valence-corrected chi connectivity index (χ2v) is 8.33. The summed E-state index contributed by atoms with van der Waals surface area (Å²) in [5, 5.41) is 8.57. The molecule has 0 heterocycles. The highest BCUT2D eigenvalue weighted by atomic mass is 32.2. The Morgan fingerprint density at radius 1 is 1.10 bits per heavy atom. The lowest BCUT2D eigenvalue weighted by Gasteiger charge is -2.12. The van der Waals surface area contributed by atoms with E-state index in [9.17, 15) is 22.4 Å². The van der Waals surface area contributed by atoms with Crippen LogP contribution in [0.2, 0.25) is 0 Å². The molecule has 2 N–H and O–H groups in total. The number of amides is 1. The molecule has 0 spiro atoms. The van der Waals surface area contributed by atoms with E-state index in [2.05, 4.69) is 4.72 Å². The Bertz CT molecular complexity index is 1020. The number of hydrogen-bond acceptors (Lipinski definition) is 6. The summed E-state index contributed by atoms with van der Waals surface area (Å²) in [6, 6.07) is 9.06. The molecule has 0 aliphatic carbocycles. The number of carbonyl (C=O) groups is 2. The SMILES string of the molecule is CN(C)C(=O)COc1ccc(NS(=O)(=O)c2ccc(OCCCC(=O)O)c(F)c2)cc1. The average Bonchev–Trinajstić information content (AvgIpc) is 2.70. The number of rotatable bonds is 11. The second-order valence-electron chi connectivity index (χ2n) is 6.64. The molecule has 0 aromatic heterocycles. The van der Waals surface area contributed by atoms with Crippen molar-refractivity contribution in [1.29, 1.82) is 0 Å². The molecule has 0 unspecified atom stereocenters. The number of carbonyl (C=O) groups excluding carboxylic acids is 1. The molecule has 11 heteroatoms. The number of nitrogens with zero attached hydrogens (tertiary/aromatic N) is 1. The summed E-state index contributed by atoms with van der Waals surface area (Å²) >= 11 is 0. The van der Waals surface area contributed by atoms with Gasteiger partial charge in [-0.05, 0) is 48.9 Å². The summed E-state index contributed by atoms with van der Waals surface area (Å²) in [6.07, 6.45) is 0.0766. The zero-order chi connectivity index (χ0) is 23.0. The van der Waals surface area contributed by atoms with Crippen molar-refractivity contribution in [3.63, 3.8) is 0 Å². The minimum atomic E-state index is -4.06. The van der Waals surface area contributed by atoms with Crippen molar-refractivity contribution >= 4 is 27.6 Å². The number of hydrogen-bond donors (Lipinski definition) is 2. The van der Waals surface area contributed by atoms with Gasteiger partial charge in [-0.15, -0.1) is 0 Å². The standard InChI is InChI=1S/C20H23FN2O7S/c1-23(2)19(24)13-30-15-7-5-14(6-8-15)22-31(27,28)16-9-10-18(17(21)12-16)29-11-3-4-20(25)26/h5-10,12,22H,3-4,11,13H2,1-2H3,(H,25,26). The minimum absolute atomic E-state index is 0.0118. The molecule has 168 valence electrons. The number of benzene rings is 2. The molecule has 1 amide bonds. The lowest BCUT2D eigenvalue weighted by atomic mass is 10.3. The van der Waals surface area contributed by atoms with Crippen LogP contribution in [0.5, 0.6) is 11.5 Å². The number of aliphatic carboxylic acids is 1. The van der Waals surface area contributed by atoms with Crippen molar-refractivity contribution in [2.24, 2.45) is 0 Å². The van der Waals surface area contributed by atoms with Gasteiger partial charge in [-0.2, -0.15) is 0 Å². The second kappa shape index (κ2) is 10.6. The molecular formula is C20H23FN2O7S. The monoisotopic (exact) mass is 454 g/mol. The first-order valence-corrected chi connectivity index (χ1v) is 10.7. The number of carboxylic acids is 1. The van der Waals surface area contributed by atoms with Crippen LogP contribution in [0, 0.1) is 5.82 Å². The Morgan fingerprint density at radius 2 is 1.77 bits per heavy atom. The Morgan fingerprint density at radius 3 is 2.35 bits per heavy atom. The van der Waals surface area contributed by atoms with Gasteiger partial charge in [0, 0.05) is 26.2 Å². The van der Waals surface area contributed by atoms with Gasteiger partial charge in [0.2, 0.25) is 0 Å². The van der Waals surface area contributed by atoms with E-state index >= 15 is 0 Å². The maximum Gasteiger partial charge on any atom is 0.303 e. The first-order valence-electron chi connectivity index (χ1n) is 9.18. The maximum atomic E-state index is 14.2. The molecule has 0 saturated heterocycles. The average molecular weight is 454 g/mol. The maximum absolute atomic E-state index is 14.2. The van der Waals surface area contributed by atoms with Crippen LogP contribution in [0.4, 0.5) is 10.1 Å². The molecule has 0 bridgehead atoms. The fraction of sp³-hybridized carbons (Fsp3) is 0.300. The largest absolute Gasteiger partial charge is 0.491 e. The van der Waals surface area contributed by atoms with Crippen LogP contribution in [0.3, 0.4) is 0 Å². The molecule has 0 fully saturated rings. The van der Waals surface area contributed by atoms with E-state index in [1.54, 1.807) is 14.1 Å². The zero-order valence-corrected chi connectivity index (χ0v) is 17.8. The Labute approximate surface area is 179 Å². The van der Waals surface area contributed by atoms with Crippen molar-refractivity contribution in [2.75, 3.05) is 32.0 Å². The molecule has 0 saturated carbocycles. The number of halogens is 1. The fourth-order valence-electron chi connectivity index (χ4n) is 2.28. The van der Waals surface area contributed by atoms with Crippen LogP contribution in [0.1, 0.15) is 12.8 Å². The van der Waals surface area contributed by atoms with Gasteiger partial charge in [-0.25, -0.2) is 12.8 Å². The van der Waals surface area contributed by atoms with Gasteiger partial charge in [-0.1, -0.05) is 0 Å². The Hall–Kier alpha value is -3.34. The number of sulfonamides is 1. The van der Waals surface area contributed by atoms with Crippen LogP contribution in [-0.2, 0) is 19.6 Å². The van der Waals surface area contributed by atoms with E-state index in [0.29, 0.717) is 5.75 Å². The third kappa shape index (κ3) is 7.45. The zero-order valence-electron chi connectivity index (χ0n) is 17.0. The predicted octanol–water partition coefficient (Wildman–Crippen LogP) is 2.34. The van der Waals surface area contributed by atoms with Crippen LogP contribution < -0.4 is 14.2 Å². The summed E-state index contributed by atoms with van der Waals surface area (Å²) in [4.78, 5) is 23.1. The summed E-state index contributed by atoms with van der Waals surface area (Å²) in [5.41, 5.74) is 0.223. The Balaban J connectivity index is 1.99. The normalized spacial score (nSPS) is 10.9. The summed E-state index contributed by atoms with van der Waals surface area (Å²) in [6.45, 7) is -0.162. The number of carboxylic acid groups (broad SMARTS) is 1. The number of likely N-dealkylation sites (N-methyl/N-ethyl adjacent to an activating group) is 1. The summed E-state index contributed by atoms with van der Waals surface area (Å²) in [5.74, 6) is -1.88. The highest BCUT2D eigenvalue weighted by Gasteiger charge is 2.17. The molecule has 0 radical (unpaired) electrons. The number of ether oxygens (including phenoxy) is 2. The summed E-state index contributed by atoms with van der Waals surface area (Å²) in [7, 11) is -0.860. The van der Waals surface area contributed by atoms with Gasteiger partial charge >= 0.3 is 5.97 Å². The first kappa shape index (κ1) is 23.9. The molecule has 0 atom stereocenters. The van der Waals surface area contributed by atoms with Crippen LogP contribution >= 0.6 is 0 Å². The molecular weight excluding hydrogens is 431 g/mol. The van der Waals surface area contributed by atoms with E-state index < -0.39 is 21.8 Å². The third-order valence-corrected chi connectivity index (χ3v) is 5.35. The molecule has 0 aliphatic heterocycles. The van der Waals surface area contributed by atoms with Gasteiger partial charge in [0.1, 0.15) is 5.75 Å². The minimum Gasteiger partial charge on any atom is -0.491 e. The highest BCUT2D eigenvalue weighted by Crippen LogP contribution is 2.24. The van der Waals surface area contributed by atoms with Gasteiger partial charge < -0.3 is 19.5 Å². The van der Waals surface area contributed by atoms with Crippen LogP contribution in [0.15, 0.2) is 47.4 Å². The molecule has 9 nitrogen and oxygen atoms in total. The topological polar surface area (TPSA) is 122 Å². The van der Waals surface area contributed by atoms with Gasteiger partial charge in [0.25, 0.3) is 15.9 Å². The van der Waals surface area contributed by atoms with Gasteiger partial charge in [0.15, 0.2) is 18.2 Å². The highest BCUT2D eigenvalue weighted by molar-refractivity contribution is 7.92. The summed E-state index contributed by atoms with van der Waals surface area (Å²) < 4.78 is 52.0. The van der Waals surface area contributed by atoms with Crippen molar-refractivity contribution in [1.82, 2.24) is 4.90 Å². The molecule has 2 aromatic carbocycles. The third-order valence-electron chi connectivity index (χ3n) is 3.97. The molecule has 2 aromatic rings. The first-order chi connectivity index (χ1) is 14.6. The quantitative estimate of drug-likeness (QED) is 0.500. The smallest absolute Gasteiger partial charge is 0.303 e. The fourth-order valence-corrected chi connectivity index (χ4v) is 3.35. The lowest BCUT2D eigenvalue weighted by Crippen LogP contribution is -2.27. The predicted molar refractivity (Wildman–Crippen MR) is 110 cm³/mol. The van der Waals surface area contributed by atoms with E-state index in [1.807, 2.05) is 0 Å². The van der Waals surface area contributed by atoms with Crippen LogP contribution in [-0.4, -0.2) is 57.6 Å². The van der Waals surface area contributed by atoms with Crippen molar-refractivity contribution in [2.45, 2.75) is 17.7 Å². The number of anilines is 1. The van der Waals surface area contributed by atoms with E-state index in [4.69, 9.17) is 14.6 Å². The lowest BCUT2D eigenvalue weighted by molar-refractivity contribution is -0.137. The van der Waals surface area contributed by atoms with E-state index in [-0.39, 0.29) is 48.3 Å². The molecule has 31 heavy (non-hydrogen) atoms. The number of nitrogens with one attached hydrogen (secondary N) is 1. The van der Waals surface area contributed by atoms with E-state index in [0.717, 1.165) is 6.07 Å².